The number of hydrogen-bond acceptors (Lipinski definition) is 3. The Morgan fingerprint density at radius 3 is 3.07 bits per heavy atom. The lowest BCUT2D eigenvalue weighted by atomic mass is 10.1. The van der Waals surface area contributed by atoms with Gasteiger partial charge in [-0.25, -0.2) is 0 Å². The molecular weight excluding hydrogens is 196 g/mol. The van der Waals surface area contributed by atoms with E-state index in [1.54, 1.807) is 18.2 Å². The SMILES string of the molecule is O=C1CN2C(=O)COc3cccc(c32)N1. The van der Waals surface area contributed by atoms with Crippen LogP contribution >= 0.6 is 0 Å². The van der Waals surface area contributed by atoms with Gasteiger partial charge in [0, 0.05) is 0 Å². The highest BCUT2D eigenvalue weighted by Crippen LogP contribution is 2.40. The lowest BCUT2D eigenvalue weighted by Gasteiger charge is -2.33. The van der Waals surface area contributed by atoms with Crippen LogP contribution in [0.3, 0.4) is 0 Å². The molecule has 0 radical (unpaired) electrons. The molecule has 3 rings (SSSR count). The van der Waals surface area contributed by atoms with Crippen molar-refractivity contribution < 1.29 is 14.3 Å². The van der Waals surface area contributed by atoms with Gasteiger partial charge in [0.1, 0.15) is 18.0 Å². The van der Waals surface area contributed by atoms with Crippen LogP contribution in [0.1, 0.15) is 0 Å². The van der Waals surface area contributed by atoms with Gasteiger partial charge in [0.25, 0.3) is 5.91 Å². The summed E-state index contributed by atoms with van der Waals surface area (Å²) in [6, 6.07) is 5.33. The molecule has 0 bridgehead atoms. The Labute approximate surface area is 85.6 Å². The van der Waals surface area contributed by atoms with Crippen molar-refractivity contribution >= 4 is 23.2 Å². The molecule has 0 aromatic heterocycles. The molecule has 1 N–H and O–H groups in total. The fraction of sp³-hybridized carbons (Fsp3) is 0.200. The van der Waals surface area contributed by atoms with Crippen molar-refractivity contribution in [3.05, 3.63) is 18.2 Å². The second kappa shape index (κ2) is 2.73. The molecule has 2 heterocycles. The van der Waals surface area contributed by atoms with Crippen molar-refractivity contribution in [2.24, 2.45) is 0 Å². The lowest BCUT2D eigenvalue weighted by molar-refractivity contribution is -0.124. The fourth-order valence-corrected chi connectivity index (χ4v) is 1.86. The Hall–Kier alpha value is -2.04. The second-order valence-corrected chi connectivity index (χ2v) is 3.47. The van der Waals surface area contributed by atoms with Crippen LogP contribution in [0.4, 0.5) is 11.4 Å². The summed E-state index contributed by atoms with van der Waals surface area (Å²) in [5.74, 6) is 0.298. The van der Waals surface area contributed by atoms with E-state index in [-0.39, 0.29) is 25.0 Å². The molecule has 1 aromatic rings. The molecule has 1 aromatic carbocycles. The first-order chi connectivity index (χ1) is 7.25. The third kappa shape index (κ3) is 1.09. The molecule has 0 fully saturated rings. The zero-order valence-electron chi connectivity index (χ0n) is 7.82. The molecule has 0 unspecified atom stereocenters. The Balaban J connectivity index is 2.22. The number of nitrogens with zero attached hydrogens (tertiary/aromatic N) is 1. The van der Waals surface area contributed by atoms with Gasteiger partial charge in [0.15, 0.2) is 6.61 Å². The van der Waals surface area contributed by atoms with Gasteiger partial charge in [-0.15, -0.1) is 0 Å². The number of ether oxygens (including phenoxy) is 1. The van der Waals surface area contributed by atoms with Crippen molar-refractivity contribution in [3.63, 3.8) is 0 Å². The number of hydrogen-bond donors (Lipinski definition) is 1. The number of carbonyl (C=O) groups excluding carboxylic acids is 2. The number of rotatable bonds is 0. The molecule has 2 aliphatic heterocycles. The largest absolute Gasteiger partial charge is 0.481 e. The summed E-state index contributed by atoms with van der Waals surface area (Å²) in [6.07, 6.45) is 0. The summed E-state index contributed by atoms with van der Waals surface area (Å²) in [5.41, 5.74) is 1.31. The first-order valence-corrected chi connectivity index (χ1v) is 4.62. The quantitative estimate of drug-likeness (QED) is 0.664. The molecule has 5 nitrogen and oxygen atoms in total. The zero-order valence-corrected chi connectivity index (χ0v) is 7.82. The topological polar surface area (TPSA) is 58.6 Å². The number of carbonyl (C=O) groups is 2. The summed E-state index contributed by atoms with van der Waals surface area (Å²) in [6.45, 7) is 0.0793. The van der Waals surface area contributed by atoms with Gasteiger partial charge in [-0.1, -0.05) is 6.07 Å². The Bertz CT molecular complexity index is 470. The van der Waals surface area contributed by atoms with Crippen LogP contribution in [0.2, 0.25) is 0 Å². The maximum atomic E-state index is 11.5. The van der Waals surface area contributed by atoms with E-state index in [1.165, 1.54) is 4.90 Å². The van der Waals surface area contributed by atoms with E-state index in [2.05, 4.69) is 5.32 Å². The maximum absolute atomic E-state index is 11.5. The normalized spacial score (nSPS) is 18.0. The molecule has 0 saturated heterocycles. The van der Waals surface area contributed by atoms with Gasteiger partial charge in [0.2, 0.25) is 5.91 Å². The van der Waals surface area contributed by atoms with Crippen molar-refractivity contribution in [2.75, 3.05) is 23.4 Å². The number of anilines is 2. The molecule has 0 spiro atoms. The second-order valence-electron chi connectivity index (χ2n) is 3.47. The summed E-state index contributed by atoms with van der Waals surface area (Å²) in [7, 11) is 0. The third-order valence-electron chi connectivity index (χ3n) is 2.50. The van der Waals surface area contributed by atoms with Gasteiger partial charge in [-0.05, 0) is 12.1 Å². The maximum Gasteiger partial charge on any atom is 0.265 e. The van der Waals surface area contributed by atoms with E-state index in [0.717, 1.165) is 0 Å². The summed E-state index contributed by atoms with van der Waals surface area (Å²) in [4.78, 5) is 24.3. The van der Waals surface area contributed by atoms with Crippen LogP contribution in [0, 0.1) is 0 Å². The van der Waals surface area contributed by atoms with E-state index >= 15 is 0 Å². The summed E-state index contributed by atoms with van der Waals surface area (Å²) >= 11 is 0. The van der Waals surface area contributed by atoms with Crippen molar-refractivity contribution in [1.82, 2.24) is 0 Å². The Morgan fingerprint density at radius 1 is 1.33 bits per heavy atom. The number of amides is 2. The highest BCUT2D eigenvalue weighted by atomic mass is 16.5. The summed E-state index contributed by atoms with van der Waals surface area (Å²) < 4.78 is 5.28. The van der Waals surface area contributed by atoms with Gasteiger partial charge in [-0.2, -0.15) is 0 Å². The van der Waals surface area contributed by atoms with Gasteiger partial charge < -0.3 is 10.1 Å². The van der Waals surface area contributed by atoms with Crippen LogP contribution in [0.15, 0.2) is 18.2 Å². The molecule has 2 aliphatic rings. The van der Waals surface area contributed by atoms with Crippen molar-refractivity contribution in [1.29, 1.82) is 0 Å². The van der Waals surface area contributed by atoms with E-state index in [4.69, 9.17) is 4.74 Å². The Morgan fingerprint density at radius 2 is 2.20 bits per heavy atom. The molecular formula is C10H8N2O3. The van der Waals surface area contributed by atoms with Crippen LogP contribution in [0.25, 0.3) is 0 Å². The average Bonchev–Trinajstić information content (AvgIpc) is 2.23. The molecule has 0 aliphatic carbocycles. The molecule has 0 saturated carbocycles. The van der Waals surface area contributed by atoms with Gasteiger partial charge in [-0.3, -0.25) is 14.5 Å². The highest BCUT2D eigenvalue weighted by molar-refractivity contribution is 6.12. The van der Waals surface area contributed by atoms with Crippen LogP contribution in [0.5, 0.6) is 5.75 Å². The first-order valence-electron chi connectivity index (χ1n) is 4.62. The van der Waals surface area contributed by atoms with Crippen LogP contribution < -0.4 is 15.0 Å². The molecule has 76 valence electrons. The number of nitrogens with one attached hydrogen (secondary N) is 1. The van der Waals surface area contributed by atoms with Crippen LogP contribution in [-0.2, 0) is 9.59 Å². The standard InChI is InChI=1S/C10H8N2O3/c13-8-4-12-9(14)5-15-7-3-1-2-6(11-8)10(7)12/h1-3H,4-5H2,(H,11,13). The minimum absolute atomic E-state index is 0.00370. The number of para-hydroxylation sites is 1. The van der Waals surface area contributed by atoms with Gasteiger partial charge in [0.05, 0.1) is 5.69 Å². The minimum atomic E-state index is -0.176. The monoisotopic (exact) mass is 204 g/mol. The Kier molecular flexibility index (Phi) is 1.50. The smallest absolute Gasteiger partial charge is 0.265 e. The molecule has 5 heteroatoms. The predicted molar refractivity (Wildman–Crippen MR) is 52.9 cm³/mol. The fourth-order valence-electron chi connectivity index (χ4n) is 1.86. The van der Waals surface area contributed by atoms with Crippen LogP contribution in [-0.4, -0.2) is 25.0 Å². The van der Waals surface area contributed by atoms with E-state index in [0.29, 0.717) is 17.1 Å². The van der Waals surface area contributed by atoms with E-state index in [1.807, 2.05) is 0 Å². The lowest BCUT2D eigenvalue weighted by Crippen LogP contribution is -2.46. The molecule has 2 amide bonds. The first kappa shape index (κ1) is 8.28. The van der Waals surface area contributed by atoms with Gasteiger partial charge >= 0.3 is 0 Å². The van der Waals surface area contributed by atoms with E-state index in [9.17, 15) is 9.59 Å². The van der Waals surface area contributed by atoms with Crippen molar-refractivity contribution in [3.8, 4) is 5.75 Å². The van der Waals surface area contributed by atoms with Crippen molar-refractivity contribution in [2.45, 2.75) is 0 Å². The molecule has 15 heavy (non-hydrogen) atoms. The predicted octanol–water partition coefficient (Wildman–Crippen LogP) is 0.364. The average molecular weight is 204 g/mol. The zero-order chi connectivity index (χ0) is 10.4. The summed E-state index contributed by atoms with van der Waals surface area (Å²) in [5, 5.41) is 2.71. The molecule has 0 atom stereocenters. The number of benzene rings is 1. The third-order valence-corrected chi connectivity index (χ3v) is 2.50. The minimum Gasteiger partial charge on any atom is -0.481 e. The van der Waals surface area contributed by atoms with E-state index < -0.39 is 0 Å². The highest BCUT2D eigenvalue weighted by Gasteiger charge is 2.33.